The Balaban J connectivity index is 2.57. The molecule has 7 nitrogen and oxygen atoms in total. The molecule has 22 heavy (non-hydrogen) atoms. The second kappa shape index (κ2) is 7.35. The van der Waals surface area contributed by atoms with Crippen LogP contribution in [-0.2, 0) is 14.3 Å². The van der Waals surface area contributed by atoms with Crippen molar-refractivity contribution < 1.29 is 19.1 Å². The van der Waals surface area contributed by atoms with E-state index >= 15 is 0 Å². The lowest BCUT2D eigenvalue weighted by Crippen LogP contribution is -2.47. The second-order valence-corrected chi connectivity index (χ2v) is 5.52. The zero-order valence-electron chi connectivity index (χ0n) is 13.0. The molecule has 0 saturated carbocycles. The maximum Gasteiger partial charge on any atom is 0.337 e. The summed E-state index contributed by atoms with van der Waals surface area (Å²) in [5.41, 5.74) is 2.70. The Hall–Kier alpha value is -2.70. The van der Waals surface area contributed by atoms with Crippen LogP contribution in [-0.4, -0.2) is 36.6 Å². The molecule has 2 amide bonds. The highest BCUT2D eigenvalue weighted by atomic mass is 16.5. The van der Waals surface area contributed by atoms with Gasteiger partial charge in [-0.1, -0.05) is 12.1 Å². The summed E-state index contributed by atoms with van der Waals surface area (Å²) in [7, 11) is 1.30. The van der Waals surface area contributed by atoms with Gasteiger partial charge in [0.15, 0.2) is 0 Å². The number of esters is 1. The summed E-state index contributed by atoms with van der Waals surface area (Å²) in [5.74, 6) is -2.04. The molecule has 0 atom stereocenters. The van der Waals surface area contributed by atoms with Gasteiger partial charge in [0, 0.05) is 5.54 Å². The topological polar surface area (TPSA) is 96.9 Å². The highest BCUT2D eigenvalue weighted by Crippen LogP contribution is 2.03. The van der Waals surface area contributed by atoms with Gasteiger partial charge in [0.1, 0.15) is 0 Å². The van der Waals surface area contributed by atoms with Crippen molar-refractivity contribution in [1.29, 1.82) is 0 Å². The number of nitrogens with one attached hydrogen (secondary N) is 2. The highest BCUT2D eigenvalue weighted by molar-refractivity contribution is 6.35. The minimum Gasteiger partial charge on any atom is -0.465 e. The van der Waals surface area contributed by atoms with Gasteiger partial charge in [-0.05, 0) is 38.5 Å². The lowest BCUT2D eigenvalue weighted by molar-refractivity contribution is -0.140. The van der Waals surface area contributed by atoms with Crippen LogP contribution in [0.2, 0.25) is 0 Å². The number of nitrogens with zero attached hydrogens (tertiary/aromatic N) is 1. The van der Waals surface area contributed by atoms with Crippen molar-refractivity contribution in [3.8, 4) is 0 Å². The lowest BCUT2D eigenvalue weighted by Gasteiger charge is -2.19. The van der Waals surface area contributed by atoms with Crippen LogP contribution in [0.5, 0.6) is 0 Å². The molecule has 7 heteroatoms. The summed E-state index contributed by atoms with van der Waals surface area (Å²) < 4.78 is 4.58. The Bertz CT molecular complexity index is 586. The fraction of sp³-hybridized carbons (Fsp3) is 0.333. The zero-order chi connectivity index (χ0) is 16.8. The third-order valence-electron chi connectivity index (χ3n) is 2.41. The third-order valence-corrected chi connectivity index (χ3v) is 2.41. The van der Waals surface area contributed by atoms with Crippen molar-refractivity contribution in [2.45, 2.75) is 26.3 Å². The average Bonchev–Trinajstić information content (AvgIpc) is 2.45. The van der Waals surface area contributed by atoms with Crippen LogP contribution in [0.25, 0.3) is 0 Å². The lowest BCUT2D eigenvalue weighted by atomic mass is 10.1. The van der Waals surface area contributed by atoms with E-state index in [4.69, 9.17) is 0 Å². The van der Waals surface area contributed by atoms with Crippen molar-refractivity contribution in [3.63, 3.8) is 0 Å². The third kappa shape index (κ3) is 5.74. The van der Waals surface area contributed by atoms with Crippen molar-refractivity contribution >= 4 is 24.0 Å². The first-order valence-corrected chi connectivity index (χ1v) is 6.57. The molecule has 1 aromatic carbocycles. The predicted molar refractivity (Wildman–Crippen MR) is 81.4 cm³/mol. The molecule has 118 valence electrons. The molecule has 0 fully saturated rings. The van der Waals surface area contributed by atoms with Gasteiger partial charge in [-0.25, -0.2) is 10.2 Å². The van der Waals surface area contributed by atoms with Gasteiger partial charge in [-0.15, -0.1) is 0 Å². The molecule has 0 bridgehead atoms. The van der Waals surface area contributed by atoms with Gasteiger partial charge in [-0.2, -0.15) is 5.10 Å². The van der Waals surface area contributed by atoms with Gasteiger partial charge in [0.25, 0.3) is 0 Å². The molecular formula is C15H19N3O4. The first-order chi connectivity index (χ1) is 10.2. The number of rotatable bonds is 3. The number of hydrogen-bond donors (Lipinski definition) is 2. The molecule has 0 aromatic heterocycles. The minimum atomic E-state index is -0.850. The number of hydrogen-bond acceptors (Lipinski definition) is 5. The number of hydrazone groups is 1. The Morgan fingerprint density at radius 3 is 2.18 bits per heavy atom. The highest BCUT2D eigenvalue weighted by Gasteiger charge is 2.19. The van der Waals surface area contributed by atoms with Gasteiger partial charge in [0.2, 0.25) is 0 Å². The predicted octanol–water partition coefficient (Wildman–Crippen LogP) is 0.838. The summed E-state index contributed by atoms with van der Waals surface area (Å²) in [6.07, 6.45) is 1.36. The Morgan fingerprint density at radius 2 is 1.68 bits per heavy atom. The standard InChI is InChI=1S/C15H19N3O4/c1-15(2,3)17-12(19)13(20)18-16-9-10-5-7-11(8-6-10)14(21)22-4/h5-9H,1-4H3,(H,17,19)(H,18,20)/b16-9-. The maximum atomic E-state index is 11.5. The van der Waals surface area contributed by atoms with Gasteiger partial charge >= 0.3 is 17.8 Å². The Morgan fingerprint density at radius 1 is 1.09 bits per heavy atom. The number of benzene rings is 1. The Labute approximate surface area is 128 Å². The monoisotopic (exact) mass is 305 g/mol. The molecule has 1 aromatic rings. The van der Waals surface area contributed by atoms with E-state index in [2.05, 4.69) is 20.6 Å². The quantitative estimate of drug-likeness (QED) is 0.374. The average molecular weight is 305 g/mol. The Kier molecular flexibility index (Phi) is 5.80. The van der Waals surface area contributed by atoms with E-state index in [9.17, 15) is 14.4 Å². The molecule has 0 radical (unpaired) electrons. The summed E-state index contributed by atoms with van der Waals surface area (Å²) in [5, 5.41) is 6.20. The molecule has 0 heterocycles. The minimum absolute atomic E-state index is 0.410. The fourth-order valence-electron chi connectivity index (χ4n) is 1.44. The molecule has 0 aliphatic rings. The number of amides is 2. The molecular weight excluding hydrogens is 286 g/mol. The number of ether oxygens (including phenoxy) is 1. The molecule has 0 saturated heterocycles. The molecule has 2 N–H and O–H groups in total. The van der Waals surface area contributed by atoms with Crippen LogP contribution in [0.15, 0.2) is 29.4 Å². The second-order valence-electron chi connectivity index (χ2n) is 5.52. The molecule has 0 aliphatic heterocycles. The summed E-state index contributed by atoms with van der Waals surface area (Å²) >= 11 is 0. The van der Waals surface area contributed by atoms with Crippen LogP contribution in [0.3, 0.4) is 0 Å². The molecule has 1 rings (SSSR count). The number of methoxy groups -OCH3 is 1. The largest absolute Gasteiger partial charge is 0.465 e. The first kappa shape index (κ1) is 17.4. The van der Waals surface area contributed by atoms with Crippen molar-refractivity contribution in [2.75, 3.05) is 7.11 Å². The summed E-state index contributed by atoms with van der Waals surface area (Å²) in [4.78, 5) is 34.3. The van der Waals surface area contributed by atoms with Gasteiger partial charge in [0.05, 0.1) is 18.9 Å². The van der Waals surface area contributed by atoms with E-state index in [1.807, 2.05) is 0 Å². The number of carbonyl (C=O) groups excluding carboxylic acids is 3. The van der Waals surface area contributed by atoms with Gasteiger partial charge in [-0.3, -0.25) is 9.59 Å². The van der Waals surface area contributed by atoms with Crippen LogP contribution in [0.1, 0.15) is 36.7 Å². The van der Waals surface area contributed by atoms with Crippen molar-refractivity contribution in [3.05, 3.63) is 35.4 Å². The number of carbonyl (C=O) groups is 3. The van der Waals surface area contributed by atoms with E-state index in [1.54, 1.807) is 45.0 Å². The SMILES string of the molecule is COC(=O)c1ccc(/C=N\NC(=O)C(=O)NC(C)(C)C)cc1. The van der Waals surface area contributed by atoms with Crippen LogP contribution in [0.4, 0.5) is 0 Å². The van der Waals surface area contributed by atoms with Crippen molar-refractivity contribution in [1.82, 2.24) is 10.7 Å². The van der Waals surface area contributed by atoms with Crippen molar-refractivity contribution in [2.24, 2.45) is 5.10 Å². The van der Waals surface area contributed by atoms with Crippen LogP contribution in [0, 0.1) is 0 Å². The van der Waals surface area contributed by atoms with Gasteiger partial charge < -0.3 is 10.1 Å². The molecule has 0 spiro atoms. The van der Waals surface area contributed by atoms with E-state index in [-0.39, 0.29) is 0 Å². The van der Waals surface area contributed by atoms with Crippen LogP contribution >= 0.6 is 0 Å². The smallest absolute Gasteiger partial charge is 0.337 e. The maximum absolute atomic E-state index is 11.5. The zero-order valence-corrected chi connectivity index (χ0v) is 13.0. The molecule has 0 aliphatic carbocycles. The normalized spacial score (nSPS) is 11.1. The van der Waals surface area contributed by atoms with E-state index < -0.39 is 23.3 Å². The summed E-state index contributed by atoms with van der Waals surface area (Å²) in [6.45, 7) is 5.30. The molecule has 0 unspecified atom stereocenters. The van der Waals surface area contributed by atoms with E-state index in [1.165, 1.54) is 13.3 Å². The van der Waals surface area contributed by atoms with Crippen LogP contribution < -0.4 is 10.7 Å². The fourth-order valence-corrected chi connectivity index (χ4v) is 1.44. The first-order valence-electron chi connectivity index (χ1n) is 6.57. The summed E-state index contributed by atoms with van der Waals surface area (Å²) in [6, 6.07) is 6.41. The van der Waals surface area contributed by atoms with E-state index in [0.29, 0.717) is 11.1 Å². The van der Waals surface area contributed by atoms with E-state index in [0.717, 1.165) is 0 Å².